The summed E-state index contributed by atoms with van der Waals surface area (Å²) in [5.41, 5.74) is 16.7. The summed E-state index contributed by atoms with van der Waals surface area (Å²) >= 11 is 0. The van der Waals surface area contributed by atoms with Crippen molar-refractivity contribution in [2.45, 2.75) is 19.3 Å². The number of fused-ring (bicyclic) bond motifs is 11. The Labute approximate surface area is 336 Å². The maximum absolute atomic E-state index is 6.74. The van der Waals surface area contributed by atoms with Gasteiger partial charge < -0.3 is 13.7 Å². The third kappa shape index (κ3) is 4.80. The summed E-state index contributed by atoms with van der Waals surface area (Å²) < 4.78 is 12.9. The van der Waals surface area contributed by atoms with Crippen LogP contribution in [0.15, 0.2) is 197 Å². The minimum atomic E-state index is -0.117. The first kappa shape index (κ1) is 32.8. The van der Waals surface area contributed by atoms with Crippen molar-refractivity contribution < 1.29 is 8.83 Å². The molecule has 58 heavy (non-hydrogen) atoms. The number of rotatable bonds is 5. The Hall–Kier alpha value is -7.36. The number of hydrogen-bond acceptors (Lipinski definition) is 3. The Balaban J connectivity index is 0.997. The van der Waals surface area contributed by atoms with Crippen LogP contribution in [0.5, 0.6) is 0 Å². The maximum atomic E-state index is 6.74. The molecule has 0 aliphatic heterocycles. The average Bonchev–Trinajstić information content (AvgIpc) is 3.92. The zero-order valence-electron chi connectivity index (χ0n) is 32.2. The zero-order valence-corrected chi connectivity index (χ0v) is 32.2. The van der Waals surface area contributed by atoms with E-state index in [4.69, 9.17) is 8.83 Å². The van der Waals surface area contributed by atoms with Gasteiger partial charge in [-0.1, -0.05) is 147 Å². The van der Waals surface area contributed by atoms with Crippen LogP contribution in [-0.2, 0) is 5.41 Å². The molecule has 0 fully saturated rings. The summed E-state index contributed by atoms with van der Waals surface area (Å²) in [7, 11) is 0. The predicted molar refractivity (Wildman–Crippen MR) is 242 cm³/mol. The SMILES string of the molecule is CC1(C)c2ccccc2-c2c(N(c3ccc(-c4ccc5oc6ccccc6c5c4)cc3)c3ccc(-c4cccc5c4oc4c6ccccc6ccc54)cc3)cccc21. The van der Waals surface area contributed by atoms with Crippen LogP contribution in [0.25, 0.3) is 88.0 Å². The highest BCUT2D eigenvalue weighted by molar-refractivity contribution is 6.17. The number of benzene rings is 9. The van der Waals surface area contributed by atoms with Crippen LogP contribution >= 0.6 is 0 Å². The monoisotopic (exact) mass is 743 g/mol. The summed E-state index contributed by atoms with van der Waals surface area (Å²) in [6, 6.07) is 67.7. The Kier molecular flexibility index (Phi) is 6.98. The predicted octanol–water partition coefficient (Wildman–Crippen LogP) is 15.7. The van der Waals surface area contributed by atoms with E-state index in [0.29, 0.717) is 0 Å². The van der Waals surface area contributed by atoms with Gasteiger partial charge in [0.1, 0.15) is 22.3 Å². The molecule has 0 saturated heterocycles. The topological polar surface area (TPSA) is 29.5 Å². The second-order valence-corrected chi connectivity index (χ2v) is 16.1. The molecule has 1 aliphatic carbocycles. The molecule has 0 N–H and O–H groups in total. The molecule has 12 rings (SSSR count). The number of para-hydroxylation sites is 2. The van der Waals surface area contributed by atoms with Crippen LogP contribution in [0.2, 0.25) is 0 Å². The summed E-state index contributed by atoms with van der Waals surface area (Å²) in [6.07, 6.45) is 0. The van der Waals surface area contributed by atoms with Crippen LogP contribution in [0.3, 0.4) is 0 Å². The van der Waals surface area contributed by atoms with E-state index >= 15 is 0 Å². The maximum Gasteiger partial charge on any atom is 0.143 e. The Morgan fingerprint density at radius 1 is 0.397 bits per heavy atom. The molecule has 3 heteroatoms. The van der Waals surface area contributed by atoms with Crippen molar-refractivity contribution in [1.29, 1.82) is 0 Å². The Morgan fingerprint density at radius 2 is 1.02 bits per heavy atom. The van der Waals surface area contributed by atoms with Crippen molar-refractivity contribution in [2.24, 2.45) is 0 Å². The van der Waals surface area contributed by atoms with E-state index in [0.717, 1.165) is 88.6 Å². The van der Waals surface area contributed by atoms with Crippen molar-refractivity contribution in [3.63, 3.8) is 0 Å². The lowest BCUT2D eigenvalue weighted by Gasteiger charge is -2.29. The smallest absolute Gasteiger partial charge is 0.143 e. The summed E-state index contributed by atoms with van der Waals surface area (Å²) in [6.45, 7) is 4.69. The normalized spacial score (nSPS) is 13.1. The van der Waals surface area contributed by atoms with Crippen LogP contribution in [0.4, 0.5) is 17.1 Å². The van der Waals surface area contributed by atoms with E-state index < -0.39 is 0 Å². The summed E-state index contributed by atoms with van der Waals surface area (Å²) in [4.78, 5) is 2.42. The minimum Gasteiger partial charge on any atom is -0.456 e. The van der Waals surface area contributed by atoms with E-state index in [1.165, 1.54) is 27.6 Å². The number of anilines is 3. The Bertz CT molecular complexity index is 3420. The molecule has 0 spiro atoms. The molecular weight excluding hydrogens is 707 g/mol. The van der Waals surface area contributed by atoms with Crippen molar-refractivity contribution in [3.05, 3.63) is 199 Å². The second-order valence-electron chi connectivity index (χ2n) is 16.1. The summed E-state index contributed by atoms with van der Waals surface area (Å²) in [5.74, 6) is 0. The molecule has 0 atom stereocenters. The van der Waals surface area contributed by atoms with Crippen LogP contribution < -0.4 is 4.90 Å². The van der Waals surface area contributed by atoms with E-state index in [-0.39, 0.29) is 5.41 Å². The fourth-order valence-electron chi connectivity index (χ4n) is 9.60. The molecule has 9 aromatic carbocycles. The van der Waals surface area contributed by atoms with Gasteiger partial charge in [-0.05, 0) is 93.4 Å². The first-order valence-electron chi connectivity index (χ1n) is 20.0. The molecular formula is C55H37NO2. The zero-order chi connectivity index (χ0) is 38.5. The third-order valence-corrected chi connectivity index (χ3v) is 12.5. The second kappa shape index (κ2) is 12.3. The molecule has 0 saturated carbocycles. The van der Waals surface area contributed by atoms with E-state index in [1.54, 1.807) is 0 Å². The lowest BCUT2D eigenvalue weighted by Crippen LogP contribution is -2.16. The lowest BCUT2D eigenvalue weighted by molar-refractivity contribution is 0.660. The van der Waals surface area contributed by atoms with Crippen LogP contribution in [0, 0.1) is 0 Å². The molecule has 0 radical (unpaired) electrons. The number of furan rings is 2. The van der Waals surface area contributed by atoms with Gasteiger partial charge in [0.2, 0.25) is 0 Å². The average molecular weight is 744 g/mol. The fourth-order valence-corrected chi connectivity index (χ4v) is 9.60. The quantitative estimate of drug-likeness (QED) is 0.176. The fraction of sp³-hybridized carbons (Fsp3) is 0.0545. The third-order valence-electron chi connectivity index (χ3n) is 12.5. The molecule has 1 aliphatic rings. The van der Waals surface area contributed by atoms with Gasteiger partial charge in [0.15, 0.2) is 0 Å². The highest BCUT2D eigenvalue weighted by atomic mass is 16.3. The molecule has 3 nitrogen and oxygen atoms in total. The standard InChI is InChI=1S/C55H37NO2/c1-55(2)47-17-7-5-14-45(47)52-48(55)18-10-19-49(52)56(38-27-21-34(22-28-38)37-26-32-51-46(33-37)42-13-6-8-20-50(42)57-51)39-29-23-36(24-30-39)41-15-9-16-43-44-31-25-35-11-3-4-12-40(35)54(44)58-53(41)43/h3-33H,1-2H3. The van der Waals surface area contributed by atoms with Gasteiger partial charge >= 0.3 is 0 Å². The first-order chi connectivity index (χ1) is 28.5. The van der Waals surface area contributed by atoms with Gasteiger partial charge in [0.25, 0.3) is 0 Å². The van der Waals surface area contributed by atoms with E-state index in [2.05, 4.69) is 195 Å². The van der Waals surface area contributed by atoms with Crippen molar-refractivity contribution in [1.82, 2.24) is 0 Å². The summed E-state index contributed by atoms with van der Waals surface area (Å²) in [5, 5.41) is 6.85. The van der Waals surface area contributed by atoms with Crippen LogP contribution in [-0.4, -0.2) is 0 Å². The van der Waals surface area contributed by atoms with Gasteiger partial charge in [0.05, 0.1) is 5.69 Å². The van der Waals surface area contributed by atoms with Gasteiger partial charge in [-0.3, -0.25) is 0 Å². The van der Waals surface area contributed by atoms with Gasteiger partial charge in [-0.2, -0.15) is 0 Å². The number of nitrogens with zero attached hydrogens (tertiary/aromatic N) is 1. The lowest BCUT2D eigenvalue weighted by atomic mass is 9.82. The van der Waals surface area contributed by atoms with E-state index in [1.807, 2.05) is 12.1 Å². The molecule has 11 aromatic rings. The molecule has 2 heterocycles. The van der Waals surface area contributed by atoms with Crippen molar-refractivity contribution >= 4 is 71.7 Å². The molecule has 0 bridgehead atoms. The van der Waals surface area contributed by atoms with Crippen molar-refractivity contribution in [2.75, 3.05) is 4.90 Å². The Morgan fingerprint density at radius 3 is 1.86 bits per heavy atom. The van der Waals surface area contributed by atoms with Gasteiger partial charge in [0, 0.05) is 54.8 Å². The number of hydrogen-bond donors (Lipinski definition) is 0. The van der Waals surface area contributed by atoms with Gasteiger partial charge in [-0.25, -0.2) is 0 Å². The largest absolute Gasteiger partial charge is 0.456 e. The molecule has 0 amide bonds. The minimum absolute atomic E-state index is 0.117. The van der Waals surface area contributed by atoms with E-state index in [9.17, 15) is 0 Å². The molecule has 274 valence electrons. The molecule has 0 unspecified atom stereocenters. The first-order valence-corrected chi connectivity index (χ1v) is 20.0. The van der Waals surface area contributed by atoms with Gasteiger partial charge in [-0.15, -0.1) is 0 Å². The highest BCUT2D eigenvalue weighted by Crippen LogP contribution is 2.54. The van der Waals surface area contributed by atoms with Crippen molar-refractivity contribution in [3.8, 4) is 33.4 Å². The highest BCUT2D eigenvalue weighted by Gasteiger charge is 2.37. The van der Waals surface area contributed by atoms with Crippen LogP contribution in [0.1, 0.15) is 25.0 Å². The molecule has 2 aromatic heterocycles.